The summed E-state index contributed by atoms with van der Waals surface area (Å²) in [6.07, 6.45) is 5.26. The Hall–Kier alpha value is -0.940. The van der Waals surface area contributed by atoms with Crippen molar-refractivity contribution in [3.63, 3.8) is 0 Å². The second-order valence-corrected chi connectivity index (χ2v) is 7.44. The molecule has 1 aliphatic rings. The molecular weight excluding hydrogens is 471 g/mol. The van der Waals surface area contributed by atoms with Crippen molar-refractivity contribution in [1.29, 1.82) is 0 Å². The fourth-order valence-corrected chi connectivity index (χ4v) is 3.38. The molecule has 28 heavy (non-hydrogen) atoms. The van der Waals surface area contributed by atoms with Crippen LogP contribution in [-0.4, -0.2) is 58.2 Å². The first-order chi connectivity index (χ1) is 13.0. The van der Waals surface area contributed by atoms with Crippen LogP contribution in [0.1, 0.15) is 57.6 Å². The zero-order valence-electron chi connectivity index (χ0n) is 17.7. The number of nitrogens with one attached hydrogen (secondary N) is 2. The van der Waals surface area contributed by atoms with Crippen molar-refractivity contribution in [3.8, 4) is 0 Å². The molecule has 2 rings (SSSR count). The monoisotopic (exact) mass is 508 g/mol. The van der Waals surface area contributed by atoms with E-state index in [1.807, 2.05) is 18.5 Å². The lowest BCUT2D eigenvalue weighted by atomic mass is 9.79. The van der Waals surface area contributed by atoms with Crippen LogP contribution in [0.5, 0.6) is 0 Å². The molecule has 0 bridgehead atoms. The Morgan fingerprint density at radius 1 is 1.32 bits per heavy atom. The van der Waals surface area contributed by atoms with Gasteiger partial charge in [-0.05, 0) is 44.4 Å². The lowest BCUT2D eigenvalue weighted by Gasteiger charge is -2.32. The van der Waals surface area contributed by atoms with E-state index in [4.69, 9.17) is 9.73 Å². The molecule has 3 N–H and O–H groups in total. The highest BCUT2D eigenvalue weighted by atomic mass is 127. The molecule has 162 valence electrons. The molecule has 1 aliphatic heterocycles. The summed E-state index contributed by atoms with van der Waals surface area (Å²) < 4.78 is 7.66. The van der Waals surface area contributed by atoms with E-state index < -0.39 is 0 Å². The summed E-state index contributed by atoms with van der Waals surface area (Å²) in [5, 5.41) is 24.6. The lowest BCUT2D eigenvalue weighted by Crippen LogP contribution is -2.46. The van der Waals surface area contributed by atoms with Crippen molar-refractivity contribution in [2.75, 3.05) is 26.3 Å². The van der Waals surface area contributed by atoms with Gasteiger partial charge in [0.15, 0.2) is 11.8 Å². The van der Waals surface area contributed by atoms with Gasteiger partial charge in [0.2, 0.25) is 0 Å². The number of aliphatic hydroxyl groups excluding tert-OH is 1. The molecule has 0 radical (unpaired) electrons. The third-order valence-corrected chi connectivity index (χ3v) is 5.86. The quantitative estimate of drug-likeness (QED) is 0.255. The lowest BCUT2D eigenvalue weighted by molar-refractivity contribution is 0.113. The first kappa shape index (κ1) is 25.1. The number of guanidine groups is 1. The van der Waals surface area contributed by atoms with Gasteiger partial charge in [0.25, 0.3) is 0 Å². The van der Waals surface area contributed by atoms with Gasteiger partial charge < -0.3 is 25.0 Å². The molecule has 0 aliphatic carbocycles. The Morgan fingerprint density at radius 3 is 2.61 bits per heavy atom. The zero-order chi connectivity index (χ0) is 19.7. The summed E-state index contributed by atoms with van der Waals surface area (Å²) in [7, 11) is 1.95. The first-order valence-electron chi connectivity index (χ1n) is 10.1. The van der Waals surface area contributed by atoms with Crippen molar-refractivity contribution in [2.45, 2.75) is 65.5 Å². The van der Waals surface area contributed by atoms with Gasteiger partial charge in [0, 0.05) is 33.4 Å². The Morgan fingerprint density at radius 2 is 2.07 bits per heavy atom. The highest BCUT2D eigenvalue weighted by Crippen LogP contribution is 2.29. The smallest absolute Gasteiger partial charge is 0.191 e. The van der Waals surface area contributed by atoms with Crippen LogP contribution < -0.4 is 10.6 Å². The van der Waals surface area contributed by atoms with Crippen LogP contribution in [0.25, 0.3) is 0 Å². The number of hydrogen-bond donors (Lipinski definition) is 3. The van der Waals surface area contributed by atoms with E-state index in [2.05, 4.69) is 34.7 Å². The maximum atomic E-state index is 9.45. The van der Waals surface area contributed by atoms with E-state index in [1.165, 1.54) is 0 Å². The van der Waals surface area contributed by atoms with E-state index >= 15 is 0 Å². The molecule has 1 saturated heterocycles. The standard InChI is InChI=1S/C19H36N6O2.HI/c1-5-19(6-2,9-10-26)14-22-18(20-12-16-8-7-11-27-16)21-13-17-24-23-15(3)25(17)4;/h16,26H,5-14H2,1-4H3,(H2,20,21,22);1H. The van der Waals surface area contributed by atoms with Crippen molar-refractivity contribution in [1.82, 2.24) is 25.4 Å². The van der Waals surface area contributed by atoms with Gasteiger partial charge in [-0.2, -0.15) is 0 Å². The van der Waals surface area contributed by atoms with Gasteiger partial charge in [0.1, 0.15) is 12.4 Å². The molecule has 1 aromatic heterocycles. The average Bonchev–Trinajstić information content (AvgIpc) is 3.31. The number of aryl methyl sites for hydroxylation is 1. The van der Waals surface area contributed by atoms with Crippen LogP contribution in [-0.2, 0) is 18.3 Å². The van der Waals surface area contributed by atoms with Gasteiger partial charge in [-0.15, -0.1) is 34.2 Å². The number of rotatable bonds is 10. The van der Waals surface area contributed by atoms with Crippen molar-refractivity contribution >= 4 is 29.9 Å². The molecule has 1 unspecified atom stereocenters. The second kappa shape index (κ2) is 12.6. The van der Waals surface area contributed by atoms with Crippen LogP contribution in [0, 0.1) is 12.3 Å². The normalized spacial score (nSPS) is 17.5. The summed E-state index contributed by atoms with van der Waals surface area (Å²) in [4.78, 5) is 4.71. The number of aliphatic hydroxyl groups is 1. The van der Waals surface area contributed by atoms with Gasteiger partial charge in [-0.3, -0.25) is 0 Å². The highest BCUT2D eigenvalue weighted by molar-refractivity contribution is 14.0. The fourth-order valence-electron chi connectivity index (χ4n) is 3.38. The van der Waals surface area contributed by atoms with Gasteiger partial charge in [-0.25, -0.2) is 4.99 Å². The first-order valence-corrected chi connectivity index (χ1v) is 10.1. The summed E-state index contributed by atoms with van der Waals surface area (Å²) in [5.74, 6) is 2.47. The van der Waals surface area contributed by atoms with E-state index in [0.29, 0.717) is 6.54 Å². The highest BCUT2D eigenvalue weighted by Gasteiger charge is 2.26. The molecule has 0 aromatic carbocycles. The minimum Gasteiger partial charge on any atom is -0.396 e. The SMILES string of the molecule is CCC(CC)(CCO)CNC(=NCc1nnc(C)n1C)NCC1CCCO1.I. The van der Waals surface area contributed by atoms with Gasteiger partial charge in [0.05, 0.1) is 6.10 Å². The maximum Gasteiger partial charge on any atom is 0.191 e. The number of aromatic nitrogens is 3. The molecule has 1 fully saturated rings. The summed E-state index contributed by atoms with van der Waals surface area (Å²) >= 11 is 0. The Labute approximate surface area is 186 Å². The van der Waals surface area contributed by atoms with Gasteiger partial charge in [-0.1, -0.05) is 13.8 Å². The van der Waals surface area contributed by atoms with Crippen LogP contribution in [0.2, 0.25) is 0 Å². The predicted molar refractivity (Wildman–Crippen MR) is 122 cm³/mol. The summed E-state index contributed by atoms with van der Waals surface area (Å²) in [6, 6.07) is 0. The minimum absolute atomic E-state index is 0. The predicted octanol–water partition coefficient (Wildman–Crippen LogP) is 2.14. The number of ether oxygens (including phenoxy) is 1. The van der Waals surface area contributed by atoms with Crippen LogP contribution in [0.3, 0.4) is 0 Å². The summed E-state index contributed by atoms with van der Waals surface area (Å²) in [5.41, 5.74) is 0.0719. The van der Waals surface area contributed by atoms with Crippen molar-refractivity contribution < 1.29 is 9.84 Å². The molecule has 0 saturated carbocycles. The number of aliphatic imine (C=N–C) groups is 1. The third kappa shape index (κ3) is 7.14. The molecule has 2 heterocycles. The van der Waals surface area contributed by atoms with Gasteiger partial charge >= 0.3 is 0 Å². The number of halogens is 1. The largest absolute Gasteiger partial charge is 0.396 e. The molecule has 1 aromatic rings. The van der Waals surface area contributed by atoms with Crippen LogP contribution >= 0.6 is 24.0 Å². The fraction of sp³-hybridized carbons (Fsp3) is 0.842. The molecule has 9 heteroatoms. The van der Waals surface area contributed by atoms with E-state index in [-0.39, 0.29) is 42.1 Å². The topological polar surface area (TPSA) is 96.6 Å². The number of nitrogens with zero attached hydrogens (tertiary/aromatic N) is 4. The summed E-state index contributed by atoms with van der Waals surface area (Å²) in [6.45, 7) is 9.32. The molecular formula is C19H37IN6O2. The minimum atomic E-state index is 0. The number of hydrogen-bond acceptors (Lipinski definition) is 5. The molecule has 1 atom stereocenters. The van der Waals surface area contributed by atoms with Crippen molar-refractivity contribution in [2.24, 2.45) is 17.5 Å². The second-order valence-electron chi connectivity index (χ2n) is 7.44. The van der Waals surface area contributed by atoms with Crippen LogP contribution in [0.4, 0.5) is 0 Å². The Kier molecular flexibility index (Phi) is 11.3. The maximum absolute atomic E-state index is 9.45. The van der Waals surface area contributed by atoms with E-state index in [9.17, 15) is 5.11 Å². The Bertz CT molecular complexity index is 597. The van der Waals surface area contributed by atoms with E-state index in [0.717, 1.165) is 69.4 Å². The Balaban J connectivity index is 0.00000392. The van der Waals surface area contributed by atoms with E-state index in [1.54, 1.807) is 0 Å². The molecule has 0 amide bonds. The zero-order valence-corrected chi connectivity index (χ0v) is 20.0. The van der Waals surface area contributed by atoms with Crippen LogP contribution in [0.15, 0.2) is 4.99 Å². The molecule has 0 spiro atoms. The van der Waals surface area contributed by atoms with Crippen molar-refractivity contribution in [3.05, 3.63) is 11.6 Å². The average molecular weight is 508 g/mol. The third-order valence-electron chi connectivity index (χ3n) is 5.86. The molecule has 8 nitrogen and oxygen atoms in total.